The maximum absolute atomic E-state index is 11.6. The Morgan fingerprint density at radius 2 is 1.88 bits per heavy atom. The number of carboxylic acids is 1. The molecule has 0 bridgehead atoms. The fraction of sp³-hybridized carbons (Fsp3) is 0.406. The lowest BCUT2D eigenvalue weighted by molar-refractivity contribution is -0.142. The van der Waals surface area contributed by atoms with Crippen LogP contribution in [-0.2, 0) is 34.0 Å². The van der Waals surface area contributed by atoms with Gasteiger partial charge in [0, 0.05) is 51.2 Å². The summed E-state index contributed by atoms with van der Waals surface area (Å²) in [6.07, 6.45) is 2.82. The van der Waals surface area contributed by atoms with Crippen LogP contribution in [0.15, 0.2) is 53.6 Å². The van der Waals surface area contributed by atoms with Crippen LogP contribution in [0.1, 0.15) is 40.7 Å². The third kappa shape index (κ3) is 5.32. The molecule has 4 heterocycles. The topological polar surface area (TPSA) is 96.7 Å². The molecule has 0 amide bonds. The van der Waals surface area contributed by atoms with Crippen molar-refractivity contribution in [3.63, 3.8) is 0 Å². The van der Waals surface area contributed by atoms with E-state index in [1.54, 1.807) is 6.07 Å². The van der Waals surface area contributed by atoms with Crippen LogP contribution >= 0.6 is 0 Å². The summed E-state index contributed by atoms with van der Waals surface area (Å²) in [6, 6.07) is 16.7. The molecule has 6 rings (SSSR count). The van der Waals surface area contributed by atoms with Gasteiger partial charge in [-0.05, 0) is 72.7 Å². The summed E-state index contributed by atoms with van der Waals surface area (Å²) >= 11 is 0. The zero-order chi connectivity index (χ0) is 28.5. The molecule has 3 aromatic rings. The van der Waals surface area contributed by atoms with Gasteiger partial charge < -0.3 is 19.3 Å². The number of aromatic nitrogens is 1. The first-order chi connectivity index (χ1) is 19.9. The Hall–Kier alpha value is -3.79. The molecule has 3 aliphatic heterocycles. The molecule has 1 saturated heterocycles. The molecule has 9 nitrogen and oxygen atoms in total. The van der Waals surface area contributed by atoms with Gasteiger partial charge in [-0.2, -0.15) is 5.10 Å². The number of hydrogen-bond donors (Lipinski definition) is 1. The van der Waals surface area contributed by atoms with Crippen molar-refractivity contribution in [2.45, 2.75) is 58.7 Å². The summed E-state index contributed by atoms with van der Waals surface area (Å²) in [7, 11) is 1.47. The summed E-state index contributed by atoms with van der Waals surface area (Å²) in [4.78, 5) is 19.1. The monoisotopic (exact) mass is 556 g/mol. The number of aliphatic carboxylic acids is 1. The van der Waals surface area contributed by atoms with Crippen molar-refractivity contribution < 1.29 is 24.1 Å². The SMILES string of the molecule is COC1C(C(=O)O)C=NN1c1cccc(-c2cccc(C)c2OCc2ccc3c(c2C)CN(C2CCOCC2)C3)n1. The van der Waals surface area contributed by atoms with Gasteiger partial charge >= 0.3 is 5.97 Å². The van der Waals surface area contributed by atoms with E-state index in [1.807, 2.05) is 37.3 Å². The quantitative estimate of drug-likeness (QED) is 0.418. The maximum Gasteiger partial charge on any atom is 0.316 e. The molecule has 2 aromatic carbocycles. The van der Waals surface area contributed by atoms with Crippen molar-refractivity contribution in [1.29, 1.82) is 0 Å². The van der Waals surface area contributed by atoms with E-state index in [9.17, 15) is 9.90 Å². The highest BCUT2D eigenvalue weighted by atomic mass is 16.5. The molecule has 214 valence electrons. The molecule has 41 heavy (non-hydrogen) atoms. The second-order valence-electron chi connectivity index (χ2n) is 11.0. The number of rotatable bonds is 8. The Labute approximate surface area is 240 Å². The fourth-order valence-electron chi connectivity index (χ4n) is 6.13. The van der Waals surface area contributed by atoms with Crippen molar-refractivity contribution >= 4 is 18.0 Å². The van der Waals surface area contributed by atoms with E-state index in [1.165, 1.54) is 40.6 Å². The summed E-state index contributed by atoms with van der Waals surface area (Å²) < 4.78 is 17.6. The smallest absolute Gasteiger partial charge is 0.316 e. The lowest BCUT2D eigenvalue weighted by Gasteiger charge is -2.30. The summed E-state index contributed by atoms with van der Waals surface area (Å²) in [6.45, 7) is 8.40. The van der Waals surface area contributed by atoms with Gasteiger partial charge in [-0.1, -0.05) is 30.3 Å². The molecule has 1 N–H and O–H groups in total. The number of hydrogen-bond acceptors (Lipinski definition) is 8. The summed E-state index contributed by atoms with van der Waals surface area (Å²) in [5.41, 5.74) is 7.92. The van der Waals surface area contributed by atoms with Gasteiger partial charge in [0.1, 0.15) is 18.3 Å². The van der Waals surface area contributed by atoms with Crippen LogP contribution in [0.2, 0.25) is 0 Å². The number of hydrazone groups is 1. The molecule has 1 fully saturated rings. The van der Waals surface area contributed by atoms with E-state index in [2.05, 4.69) is 29.1 Å². The first kappa shape index (κ1) is 27.4. The van der Waals surface area contributed by atoms with Crippen molar-refractivity contribution in [1.82, 2.24) is 9.88 Å². The third-order valence-electron chi connectivity index (χ3n) is 8.51. The second kappa shape index (κ2) is 11.6. The van der Waals surface area contributed by atoms with Gasteiger partial charge in [0.25, 0.3) is 0 Å². The third-order valence-corrected chi connectivity index (χ3v) is 8.51. The lowest BCUT2D eigenvalue weighted by atomic mass is 9.99. The van der Waals surface area contributed by atoms with E-state index >= 15 is 0 Å². The number of anilines is 1. The highest BCUT2D eigenvalue weighted by Gasteiger charge is 2.38. The van der Waals surface area contributed by atoms with E-state index in [0.29, 0.717) is 24.2 Å². The van der Waals surface area contributed by atoms with Gasteiger partial charge in [-0.15, -0.1) is 0 Å². The fourth-order valence-corrected chi connectivity index (χ4v) is 6.13. The zero-order valence-electron chi connectivity index (χ0n) is 23.7. The number of carbonyl (C=O) groups is 1. The number of fused-ring (bicyclic) bond motifs is 1. The Kier molecular flexibility index (Phi) is 7.75. The standard InChI is InChI=1S/C32H36N4O5/c1-20-6-4-7-25(28-8-5-9-29(34-28)36-31(39-3)26(16-33-36)32(37)38)30(20)41-19-23-11-10-22-17-35(18-27(22)21(23)2)24-12-14-40-15-13-24/h4-11,16,24,26,31H,12-15,17-19H2,1-3H3,(H,37,38). The van der Waals surface area contributed by atoms with Crippen molar-refractivity contribution in [3.8, 4) is 17.0 Å². The molecule has 2 unspecified atom stereocenters. The first-order valence-electron chi connectivity index (χ1n) is 14.2. The minimum atomic E-state index is -0.994. The van der Waals surface area contributed by atoms with Crippen LogP contribution in [-0.4, -0.2) is 59.8 Å². The molecule has 0 spiro atoms. The number of nitrogens with zero attached hydrogens (tertiary/aromatic N) is 4. The Bertz CT molecular complexity index is 1470. The molecule has 0 aliphatic carbocycles. The summed E-state index contributed by atoms with van der Waals surface area (Å²) in [5.74, 6) is -0.586. The number of methoxy groups -OCH3 is 1. The average Bonchev–Trinajstić information content (AvgIpc) is 3.63. The highest BCUT2D eigenvalue weighted by molar-refractivity contribution is 5.92. The van der Waals surface area contributed by atoms with Gasteiger partial charge in [0.2, 0.25) is 0 Å². The number of benzene rings is 2. The van der Waals surface area contributed by atoms with Crippen LogP contribution in [0.3, 0.4) is 0 Å². The predicted octanol–water partition coefficient (Wildman–Crippen LogP) is 4.92. The average molecular weight is 557 g/mol. The minimum Gasteiger partial charge on any atom is -0.488 e. The normalized spacial score (nSPS) is 20.9. The Balaban J connectivity index is 1.22. The molecular formula is C32H36N4O5. The number of aryl methyl sites for hydroxylation is 1. The van der Waals surface area contributed by atoms with Crippen LogP contribution in [0.5, 0.6) is 5.75 Å². The predicted molar refractivity (Wildman–Crippen MR) is 156 cm³/mol. The number of carboxylic acid groups (broad SMARTS) is 1. The van der Waals surface area contributed by atoms with Crippen molar-refractivity contribution in [3.05, 3.63) is 76.3 Å². The molecule has 1 aromatic heterocycles. The van der Waals surface area contributed by atoms with Crippen LogP contribution in [0, 0.1) is 19.8 Å². The molecule has 2 atom stereocenters. The number of para-hydroxylation sites is 1. The molecular weight excluding hydrogens is 520 g/mol. The van der Waals surface area contributed by atoms with Crippen LogP contribution < -0.4 is 9.75 Å². The molecule has 9 heteroatoms. The summed E-state index contributed by atoms with van der Waals surface area (Å²) in [5, 5.41) is 15.3. The largest absolute Gasteiger partial charge is 0.488 e. The first-order valence-corrected chi connectivity index (χ1v) is 14.2. The number of pyridine rings is 1. The van der Waals surface area contributed by atoms with Gasteiger partial charge in [0.15, 0.2) is 12.0 Å². The van der Waals surface area contributed by atoms with E-state index < -0.39 is 18.1 Å². The molecule has 0 radical (unpaired) electrons. The van der Waals surface area contributed by atoms with Gasteiger partial charge in [0.05, 0.1) is 5.69 Å². The molecule has 0 saturated carbocycles. The van der Waals surface area contributed by atoms with Gasteiger partial charge in [-0.25, -0.2) is 9.99 Å². The second-order valence-corrected chi connectivity index (χ2v) is 11.0. The zero-order valence-corrected chi connectivity index (χ0v) is 23.7. The van der Waals surface area contributed by atoms with E-state index in [0.717, 1.165) is 56.0 Å². The van der Waals surface area contributed by atoms with Crippen LogP contribution in [0.4, 0.5) is 5.82 Å². The van der Waals surface area contributed by atoms with Crippen molar-refractivity contribution in [2.24, 2.45) is 11.0 Å². The maximum atomic E-state index is 11.6. The van der Waals surface area contributed by atoms with Crippen molar-refractivity contribution in [2.75, 3.05) is 25.3 Å². The van der Waals surface area contributed by atoms with E-state index in [4.69, 9.17) is 19.2 Å². The minimum absolute atomic E-state index is 0.455. The Morgan fingerprint density at radius 1 is 1.07 bits per heavy atom. The molecule has 3 aliphatic rings. The van der Waals surface area contributed by atoms with Crippen LogP contribution in [0.25, 0.3) is 11.3 Å². The highest BCUT2D eigenvalue weighted by Crippen LogP contribution is 2.36. The lowest BCUT2D eigenvalue weighted by Crippen LogP contribution is -2.38. The number of ether oxygens (including phenoxy) is 3. The Morgan fingerprint density at radius 3 is 2.66 bits per heavy atom. The van der Waals surface area contributed by atoms with Gasteiger partial charge in [-0.3, -0.25) is 9.69 Å². The van der Waals surface area contributed by atoms with E-state index in [-0.39, 0.29) is 0 Å².